The Balaban J connectivity index is 1.59. The van der Waals surface area contributed by atoms with Gasteiger partial charge in [-0.3, -0.25) is 4.79 Å². The molecule has 0 radical (unpaired) electrons. The lowest BCUT2D eigenvalue weighted by Gasteiger charge is -2.28. The Morgan fingerprint density at radius 3 is 2.61 bits per heavy atom. The van der Waals surface area contributed by atoms with Crippen LogP contribution in [0.15, 0.2) is 71.7 Å². The zero-order valence-corrected chi connectivity index (χ0v) is 19.6. The fraction of sp³-hybridized carbons (Fsp3) is 0.214. The number of rotatable bonds is 6. The Bertz CT molecular complexity index is 1510. The number of phenols is 1. The summed E-state index contributed by atoms with van der Waals surface area (Å²) in [5.74, 6) is -1.16. The standard InChI is InChI=1S/C28H25FN2O5/c1-17-5-2-3-7-26(17)36-16-19-6-4-12-30(19)25-14-24-21(13-23(25)29)27(33)22(28(34)35)15-31(24)18-8-10-20(32)11-9-18/h2-3,5,7-11,13-15,19,32H,4,6,12,16H2,1H3,(H,34,35)/t19-/m1/s1. The number of aromatic nitrogens is 1. The molecule has 2 heterocycles. The molecule has 1 fully saturated rings. The Morgan fingerprint density at radius 1 is 1.14 bits per heavy atom. The second-order valence-electron chi connectivity index (χ2n) is 8.95. The van der Waals surface area contributed by atoms with Crippen molar-refractivity contribution in [2.45, 2.75) is 25.8 Å². The molecular formula is C28H25FN2O5. The van der Waals surface area contributed by atoms with Gasteiger partial charge in [0.15, 0.2) is 0 Å². The summed E-state index contributed by atoms with van der Waals surface area (Å²) in [7, 11) is 0. The molecule has 0 saturated carbocycles. The number of carbonyl (C=O) groups is 1. The average molecular weight is 489 g/mol. The van der Waals surface area contributed by atoms with Crippen molar-refractivity contribution in [2.75, 3.05) is 18.1 Å². The summed E-state index contributed by atoms with van der Waals surface area (Å²) in [5.41, 5.74) is 1.03. The third kappa shape index (κ3) is 4.26. The number of carboxylic acids is 1. The molecule has 0 unspecified atom stereocenters. The zero-order chi connectivity index (χ0) is 25.4. The van der Waals surface area contributed by atoms with Crippen LogP contribution in [0.25, 0.3) is 16.6 Å². The van der Waals surface area contributed by atoms with Gasteiger partial charge in [-0.15, -0.1) is 0 Å². The molecule has 0 aliphatic carbocycles. The monoisotopic (exact) mass is 488 g/mol. The van der Waals surface area contributed by atoms with E-state index < -0.39 is 22.8 Å². The first kappa shape index (κ1) is 23.4. The molecule has 36 heavy (non-hydrogen) atoms. The van der Waals surface area contributed by atoms with E-state index in [1.165, 1.54) is 22.9 Å². The van der Waals surface area contributed by atoms with Crippen LogP contribution < -0.4 is 15.1 Å². The summed E-state index contributed by atoms with van der Waals surface area (Å²) in [6, 6.07) is 16.5. The van der Waals surface area contributed by atoms with E-state index in [2.05, 4.69) is 0 Å². The Kier molecular flexibility index (Phi) is 6.10. The van der Waals surface area contributed by atoms with E-state index in [0.717, 1.165) is 30.2 Å². The number of aryl methyl sites for hydroxylation is 1. The summed E-state index contributed by atoms with van der Waals surface area (Å²) in [6.07, 6.45) is 2.93. The molecule has 184 valence electrons. The minimum absolute atomic E-state index is 0.0314. The predicted octanol–water partition coefficient (Wildman–Crippen LogP) is 4.89. The van der Waals surface area contributed by atoms with Crippen molar-refractivity contribution >= 4 is 22.6 Å². The number of halogens is 1. The number of fused-ring (bicyclic) bond motifs is 1. The van der Waals surface area contributed by atoms with Gasteiger partial charge in [-0.2, -0.15) is 0 Å². The van der Waals surface area contributed by atoms with Gasteiger partial charge in [0, 0.05) is 23.8 Å². The first-order valence-electron chi connectivity index (χ1n) is 11.7. The smallest absolute Gasteiger partial charge is 0.341 e. The molecule has 0 amide bonds. The topological polar surface area (TPSA) is 92.0 Å². The van der Waals surface area contributed by atoms with Crippen LogP contribution in [0.3, 0.4) is 0 Å². The molecule has 0 bridgehead atoms. The number of hydrogen-bond donors (Lipinski definition) is 2. The lowest BCUT2D eigenvalue weighted by Crippen LogP contribution is -2.35. The molecular weight excluding hydrogens is 463 g/mol. The van der Waals surface area contributed by atoms with Crippen molar-refractivity contribution in [2.24, 2.45) is 0 Å². The number of aromatic carboxylic acids is 1. The van der Waals surface area contributed by atoms with E-state index in [1.54, 1.807) is 18.2 Å². The van der Waals surface area contributed by atoms with Gasteiger partial charge in [0.1, 0.15) is 29.5 Å². The number of benzene rings is 3. The average Bonchev–Trinajstić information content (AvgIpc) is 3.32. The van der Waals surface area contributed by atoms with E-state index in [4.69, 9.17) is 4.74 Å². The number of nitrogens with zero attached hydrogens (tertiary/aromatic N) is 2. The van der Waals surface area contributed by atoms with Crippen molar-refractivity contribution in [3.8, 4) is 17.2 Å². The van der Waals surface area contributed by atoms with Crippen LogP contribution >= 0.6 is 0 Å². The largest absolute Gasteiger partial charge is 0.508 e. The second kappa shape index (κ2) is 9.37. The molecule has 1 saturated heterocycles. The highest BCUT2D eigenvalue weighted by Gasteiger charge is 2.29. The summed E-state index contributed by atoms with van der Waals surface area (Å²) in [4.78, 5) is 26.6. The Morgan fingerprint density at radius 2 is 1.89 bits per heavy atom. The number of anilines is 1. The molecule has 2 N–H and O–H groups in total. The summed E-state index contributed by atoms with van der Waals surface area (Å²) in [6.45, 7) is 2.98. The van der Waals surface area contributed by atoms with Gasteiger partial charge < -0.3 is 24.4 Å². The number of hydrogen-bond acceptors (Lipinski definition) is 5. The van der Waals surface area contributed by atoms with E-state index in [-0.39, 0.29) is 17.2 Å². The molecule has 0 spiro atoms. The van der Waals surface area contributed by atoms with Crippen LogP contribution in [-0.2, 0) is 0 Å². The maximum Gasteiger partial charge on any atom is 0.341 e. The van der Waals surface area contributed by atoms with Crippen molar-refractivity contribution in [3.63, 3.8) is 0 Å². The maximum absolute atomic E-state index is 15.5. The highest BCUT2D eigenvalue weighted by atomic mass is 19.1. The lowest BCUT2D eigenvalue weighted by atomic mass is 10.1. The summed E-state index contributed by atoms with van der Waals surface area (Å²) < 4.78 is 23.1. The molecule has 4 aromatic rings. The molecule has 1 aromatic heterocycles. The minimum atomic E-state index is -1.40. The number of aromatic hydroxyl groups is 1. The van der Waals surface area contributed by atoms with Crippen molar-refractivity contribution in [1.82, 2.24) is 4.57 Å². The molecule has 1 aliphatic rings. The maximum atomic E-state index is 15.5. The van der Waals surface area contributed by atoms with Gasteiger partial charge >= 0.3 is 5.97 Å². The molecule has 3 aromatic carbocycles. The third-order valence-electron chi connectivity index (χ3n) is 6.64. The fourth-order valence-electron chi connectivity index (χ4n) is 4.76. The quantitative estimate of drug-likeness (QED) is 0.402. The number of carboxylic acid groups (broad SMARTS) is 1. The Labute approximate surface area is 206 Å². The van der Waals surface area contributed by atoms with Gasteiger partial charge in [-0.05, 0) is 67.8 Å². The molecule has 5 rings (SSSR count). The number of ether oxygens (including phenoxy) is 1. The van der Waals surface area contributed by atoms with Gasteiger partial charge in [-0.25, -0.2) is 9.18 Å². The first-order valence-corrected chi connectivity index (χ1v) is 11.7. The zero-order valence-electron chi connectivity index (χ0n) is 19.6. The molecule has 8 heteroatoms. The third-order valence-corrected chi connectivity index (χ3v) is 6.64. The highest BCUT2D eigenvalue weighted by molar-refractivity contribution is 5.94. The van der Waals surface area contributed by atoms with E-state index in [9.17, 15) is 19.8 Å². The van der Waals surface area contributed by atoms with E-state index in [0.29, 0.717) is 30.0 Å². The van der Waals surface area contributed by atoms with Crippen LogP contribution in [0, 0.1) is 12.7 Å². The van der Waals surface area contributed by atoms with Crippen LogP contribution in [0.2, 0.25) is 0 Å². The number of phenolic OH excluding ortho intramolecular Hbond substituents is 1. The molecule has 1 atom stereocenters. The normalized spacial score (nSPS) is 15.4. The van der Waals surface area contributed by atoms with Crippen LogP contribution in [0.5, 0.6) is 11.5 Å². The van der Waals surface area contributed by atoms with E-state index >= 15 is 4.39 Å². The van der Waals surface area contributed by atoms with Crippen molar-refractivity contribution < 1.29 is 24.1 Å². The molecule has 1 aliphatic heterocycles. The van der Waals surface area contributed by atoms with Gasteiger partial charge in [0.2, 0.25) is 5.43 Å². The van der Waals surface area contributed by atoms with Crippen LogP contribution in [-0.4, -0.2) is 39.9 Å². The van der Waals surface area contributed by atoms with Gasteiger partial charge in [0.25, 0.3) is 0 Å². The summed E-state index contributed by atoms with van der Waals surface area (Å²) >= 11 is 0. The molecule has 7 nitrogen and oxygen atoms in total. The minimum Gasteiger partial charge on any atom is -0.508 e. The highest BCUT2D eigenvalue weighted by Crippen LogP contribution is 2.32. The van der Waals surface area contributed by atoms with Gasteiger partial charge in [0.05, 0.1) is 17.2 Å². The van der Waals surface area contributed by atoms with Crippen LogP contribution in [0.4, 0.5) is 10.1 Å². The predicted molar refractivity (Wildman–Crippen MR) is 135 cm³/mol. The first-order chi connectivity index (χ1) is 17.3. The Hall–Kier alpha value is -4.33. The summed E-state index contributed by atoms with van der Waals surface area (Å²) in [5, 5.41) is 19.2. The van der Waals surface area contributed by atoms with Crippen molar-refractivity contribution in [3.05, 3.63) is 94.0 Å². The number of para-hydroxylation sites is 1. The van der Waals surface area contributed by atoms with Crippen molar-refractivity contribution in [1.29, 1.82) is 0 Å². The SMILES string of the molecule is Cc1ccccc1OC[C@H]1CCCN1c1cc2c(cc1F)c(=O)c(C(=O)O)cn2-c1ccc(O)cc1. The number of pyridine rings is 1. The lowest BCUT2D eigenvalue weighted by molar-refractivity contribution is 0.0695. The van der Waals surface area contributed by atoms with Gasteiger partial charge in [-0.1, -0.05) is 18.2 Å². The van der Waals surface area contributed by atoms with Crippen LogP contribution in [0.1, 0.15) is 28.8 Å². The fourth-order valence-corrected chi connectivity index (χ4v) is 4.76. The second-order valence-corrected chi connectivity index (χ2v) is 8.95. The van der Waals surface area contributed by atoms with E-state index in [1.807, 2.05) is 36.1 Å².